The van der Waals surface area contributed by atoms with Crippen LogP contribution in [0.25, 0.3) is 0 Å². The van der Waals surface area contributed by atoms with Crippen molar-refractivity contribution < 1.29 is 0 Å². The monoisotopic (exact) mass is 183 g/mol. The molecular weight excluding hydrogens is 173 g/mol. The van der Waals surface area contributed by atoms with Crippen LogP contribution in [-0.4, -0.2) is 37.8 Å². The zero-order chi connectivity index (χ0) is 5.86. The minimum absolute atomic E-state index is 0.513. The molecule has 0 aromatic carbocycles. The topological polar surface area (TPSA) is 3.24 Å². The van der Waals surface area contributed by atoms with E-state index in [1.165, 1.54) is 0 Å². The Morgan fingerprint density at radius 2 is 2.00 bits per heavy atom. The molecule has 0 aromatic heterocycles. The van der Waals surface area contributed by atoms with E-state index in [-0.39, 0.29) is 0 Å². The summed E-state index contributed by atoms with van der Waals surface area (Å²) in [6, 6.07) is 0. The van der Waals surface area contributed by atoms with E-state index in [0.29, 0.717) is 15.0 Å². The summed E-state index contributed by atoms with van der Waals surface area (Å²) in [5.74, 6) is 2.12. The second kappa shape index (κ2) is 3.42. The Morgan fingerprint density at radius 3 is 2.00 bits per heavy atom. The van der Waals surface area contributed by atoms with Crippen molar-refractivity contribution in [3.8, 4) is 0 Å². The minimum atomic E-state index is 0.513. The number of hydrogen-bond donors (Lipinski definition) is 0. The van der Waals surface area contributed by atoms with Crippen LogP contribution in [0.2, 0.25) is 5.82 Å². The predicted octanol–water partition coefficient (Wildman–Crippen LogP) is 0.585. The van der Waals surface area contributed by atoms with Crippen LogP contribution in [0.5, 0.6) is 0 Å². The van der Waals surface area contributed by atoms with E-state index in [1.807, 2.05) is 19.0 Å². The first-order valence-electron chi connectivity index (χ1n) is 1.93. The van der Waals surface area contributed by atoms with Gasteiger partial charge in [-0.05, 0) is 0 Å². The summed E-state index contributed by atoms with van der Waals surface area (Å²) < 4.78 is 1.08. The molecule has 0 aliphatic rings. The Labute approximate surface area is 56.2 Å². The Hall–Kier alpha value is 0.409. The number of hydrogen-bond acceptors (Lipinski definition) is 1. The van der Waals surface area contributed by atoms with Crippen molar-refractivity contribution in [3.63, 3.8) is 0 Å². The number of nitrogens with zero attached hydrogens (tertiary/aromatic N) is 1. The van der Waals surface area contributed by atoms with Crippen molar-refractivity contribution in [3.05, 3.63) is 0 Å². The Morgan fingerprint density at radius 1 is 1.57 bits per heavy atom. The standard InChI is InChI=1S/C4H9NSSe/c1-5(2)4(6)7-3/h1-3H3. The molecule has 3 heteroatoms. The average molecular weight is 182 g/mol. The average Bonchev–Trinajstić information content (AvgIpc) is 1.65. The van der Waals surface area contributed by atoms with Crippen LogP contribution in [0.4, 0.5) is 0 Å². The van der Waals surface area contributed by atoms with E-state index in [2.05, 4.69) is 5.82 Å². The Balaban J connectivity index is 3.35. The zero-order valence-corrected chi connectivity index (χ0v) is 7.29. The fourth-order valence-corrected chi connectivity index (χ4v) is 0.949. The second-order valence-corrected chi connectivity index (χ2v) is 4.00. The molecule has 0 radical (unpaired) electrons. The molecule has 0 N–H and O–H groups in total. The predicted molar refractivity (Wildman–Crippen MR) is 37.9 cm³/mol. The molecule has 0 saturated carbocycles. The normalized spacial score (nSPS) is 8.43. The van der Waals surface area contributed by atoms with Gasteiger partial charge in [-0.3, -0.25) is 0 Å². The van der Waals surface area contributed by atoms with E-state index in [4.69, 9.17) is 12.2 Å². The van der Waals surface area contributed by atoms with Gasteiger partial charge in [-0.15, -0.1) is 0 Å². The molecule has 7 heavy (non-hydrogen) atoms. The number of thiocarbonyl (C=S) groups is 1. The van der Waals surface area contributed by atoms with Crippen molar-refractivity contribution in [1.82, 2.24) is 4.90 Å². The van der Waals surface area contributed by atoms with Crippen molar-refractivity contribution in [2.24, 2.45) is 0 Å². The summed E-state index contributed by atoms with van der Waals surface area (Å²) >= 11 is 5.45. The van der Waals surface area contributed by atoms with Crippen molar-refractivity contribution >= 4 is 31.1 Å². The third-order valence-corrected chi connectivity index (χ3v) is 3.27. The van der Waals surface area contributed by atoms with Crippen LogP contribution in [-0.2, 0) is 0 Å². The first-order valence-corrected chi connectivity index (χ1v) is 4.91. The molecule has 0 saturated heterocycles. The molecule has 0 spiro atoms. The van der Waals surface area contributed by atoms with Gasteiger partial charge in [0, 0.05) is 0 Å². The zero-order valence-electron chi connectivity index (χ0n) is 4.76. The van der Waals surface area contributed by atoms with Gasteiger partial charge in [0.25, 0.3) is 0 Å². The van der Waals surface area contributed by atoms with Gasteiger partial charge in [-0.1, -0.05) is 0 Å². The molecule has 0 aromatic rings. The van der Waals surface area contributed by atoms with Gasteiger partial charge in [0.1, 0.15) is 0 Å². The van der Waals surface area contributed by atoms with Crippen molar-refractivity contribution in [2.45, 2.75) is 5.82 Å². The molecule has 0 fully saturated rings. The van der Waals surface area contributed by atoms with Gasteiger partial charge < -0.3 is 0 Å². The summed E-state index contributed by atoms with van der Waals surface area (Å²) in [5, 5.41) is 0. The maximum absolute atomic E-state index is 4.93. The van der Waals surface area contributed by atoms with E-state index in [9.17, 15) is 0 Å². The summed E-state index contributed by atoms with van der Waals surface area (Å²) in [6.07, 6.45) is 0. The van der Waals surface area contributed by atoms with E-state index in [0.717, 1.165) is 3.89 Å². The third-order valence-electron chi connectivity index (χ3n) is 0.540. The number of rotatable bonds is 1. The molecule has 0 bridgehead atoms. The fraction of sp³-hybridized carbons (Fsp3) is 0.750. The summed E-state index contributed by atoms with van der Waals surface area (Å²) in [6.45, 7) is 0. The van der Waals surface area contributed by atoms with Crippen LogP contribution in [0, 0.1) is 0 Å². The van der Waals surface area contributed by atoms with Gasteiger partial charge >= 0.3 is 55.9 Å². The molecule has 0 unspecified atom stereocenters. The van der Waals surface area contributed by atoms with Gasteiger partial charge in [0.05, 0.1) is 0 Å². The quantitative estimate of drug-likeness (QED) is 0.431. The van der Waals surface area contributed by atoms with Crippen LogP contribution < -0.4 is 0 Å². The Kier molecular flexibility index (Phi) is 3.62. The Bertz CT molecular complexity index is 72.1. The second-order valence-electron chi connectivity index (χ2n) is 1.36. The molecule has 0 rings (SSSR count). The van der Waals surface area contributed by atoms with Gasteiger partial charge in [-0.25, -0.2) is 0 Å². The summed E-state index contributed by atoms with van der Waals surface area (Å²) in [5.41, 5.74) is 0. The molecule has 0 atom stereocenters. The molecule has 0 heterocycles. The molecule has 0 amide bonds. The van der Waals surface area contributed by atoms with E-state index < -0.39 is 0 Å². The van der Waals surface area contributed by atoms with Crippen LogP contribution >= 0.6 is 12.2 Å². The van der Waals surface area contributed by atoms with Crippen LogP contribution in [0.15, 0.2) is 0 Å². The SMILES string of the molecule is C[Se]C(=S)N(C)C. The summed E-state index contributed by atoms with van der Waals surface area (Å²) in [7, 11) is 3.96. The van der Waals surface area contributed by atoms with Crippen LogP contribution in [0.3, 0.4) is 0 Å². The van der Waals surface area contributed by atoms with Crippen molar-refractivity contribution in [2.75, 3.05) is 14.1 Å². The summed E-state index contributed by atoms with van der Waals surface area (Å²) in [4.78, 5) is 1.98. The molecule has 1 nitrogen and oxygen atoms in total. The third kappa shape index (κ3) is 3.03. The fourth-order valence-electron chi connectivity index (χ4n) is 0.183. The van der Waals surface area contributed by atoms with Crippen molar-refractivity contribution in [1.29, 1.82) is 0 Å². The van der Waals surface area contributed by atoms with Crippen LogP contribution in [0.1, 0.15) is 0 Å². The molecule has 42 valence electrons. The molecular formula is C4H9NSSe. The van der Waals surface area contributed by atoms with Gasteiger partial charge in [-0.2, -0.15) is 0 Å². The first-order chi connectivity index (χ1) is 3.18. The van der Waals surface area contributed by atoms with Gasteiger partial charge in [0.2, 0.25) is 0 Å². The van der Waals surface area contributed by atoms with E-state index in [1.54, 1.807) is 0 Å². The van der Waals surface area contributed by atoms with Gasteiger partial charge in [0.15, 0.2) is 0 Å². The first kappa shape index (κ1) is 7.41. The maximum atomic E-state index is 4.93. The van der Waals surface area contributed by atoms with E-state index >= 15 is 0 Å². The molecule has 0 aliphatic carbocycles. The molecule has 0 aliphatic heterocycles.